The van der Waals surface area contributed by atoms with Crippen LogP contribution < -0.4 is 10.5 Å². The Labute approximate surface area is 124 Å². The van der Waals surface area contributed by atoms with Crippen LogP contribution in [-0.4, -0.2) is 31.4 Å². The molecule has 0 radical (unpaired) electrons. The van der Waals surface area contributed by atoms with Crippen molar-refractivity contribution in [1.82, 2.24) is 4.72 Å². The summed E-state index contributed by atoms with van der Waals surface area (Å²) in [4.78, 5) is 21.5. The topological polar surface area (TPSA) is 127 Å². The van der Waals surface area contributed by atoms with Gasteiger partial charge < -0.3 is 10.8 Å². The number of nitrogens with one attached hydrogen (secondary N) is 1. The number of hydrogen-bond donors (Lipinski definition) is 3. The zero-order valence-electron chi connectivity index (χ0n) is 10.5. The van der Waals surface area contributed by atoms with E-state index in [1.165, 1.54) is 19.1 Å². The summed E-state index contributed by atoms with van der Waals surface area (Å²) in [5, 5.41) is 8.95. The molecule has 1 aromatic carbocycles. The van der Waals surface area contributed by atoms with Crippen LogP contribution in [0.15, 0.2) is 27.6 Å². The van der Waals surface area contributed by atoms with Crippen LogP contribution in [-0.2, 0) is 14.8 Å². The van der Waals surface area contributed by atoms with Crippen LogP contribution in [0.4, 0.5) is 0 Å². The van der Waals surface area contributed by atoms with E-state index in [2.05, 4.69) is 20.7 Å². The van der Waals surface area contributed by atoms with Crippen molar-refractivity contribution in [3.8, 4) is 0 Å². The maximum absolute atomic E-state index is 12.0. The summed E-state index contributed by atoms with van der Waals surface area (Å²) >= 11 is 3.02. The molecule has 0 saturated heterocycles. The highest BCUT2D eigenvalue weighted by Crippen LogP contribution is 2.21. The number of carboxylic acid groups (broad SMARTS) is 1. The number of rotatable bonds is 6. The number of carbonyl (C=O) groups excluding carboxylic acids is 1. The second kappa shape index (κ2) is 6.33. The largest absolute Gasteiger partial charge is 0.478 e. The summed E-state index contributed by atoms with van der Waals surface area (Å²) in [5.74, 6) is -1.89. The van der Waals surface area contributed by atoms with E-state index in [1.54, 1.807) is 0 Å². The summed E-state index contributed by atoms with van der Waals surface area (Å²) in [7, 11) is -3.92. The van der Waals surface area contributed by atoms with Crippen LogP contribution in [0.5, 0.6) is 0 Å². The third-order valence-electron chi connectivity index (χ3n) is 2.34. The molecule has 0 aliphatic heterocycles. The molecule has 1 aromatic rings. The number of nitrogens with two attached hydrogens (primary N) is 1. The number of halogens is 1. The van der Waals surface area contributed by atoms with E-state index >= 15 is 0 Å². The molecule has 1 atom stereocenters. The monoisotopic (exact) mass is 364 g/mol. The number of benzene rings is 1. The lowest BCUT2D eigenvalue weighted by Crippen LogP contribution is -2.35. The normalized spacial score (nSPS) is 12.9. The van der Waals surface area contributed by atoms with Gasteiger partial charge >= 0.3 is 5.97 Å². The molecule has 0 bridgehead atoms. The van der Waals surface area contributed by atoms with Gasteiger partial charge in [-0.25, -0.2) is 17.9 Å². The summed E-state index contributed by atoms with van der Waals surface area (Å²) in [6.07, 6.45) is -0.151. The molecule has 1 unspecified atom stereocenters. The average Bonchev–Trinajstić information content (AvgIpc) is 2.26. The van der Waals surface area contributed by atoms with Crippen molar-refractivity contribution in [1.29, 1.82) is 0 Å². The zero-order valence-corrected chi connectivity index (χ0v) is 12.9. The standard InChI is InChI=1S/C11H13BrN2O5S/c1-6(4-10(13)15)14-20(18,19)7-2-3-9(12)8(5-7)11(16)17/h2-3,5-6,14H,4H2,1H3,(H2,13,15)(H,16,17). The molecule has 1 rings (SSSR count). The minimum atomic E-state index is -3.92. The SMILES string of the molecule is CC(CC(N)=O)NS(=O)(=O)c1ccc(Br)c(C(=O)O)c1. The number of hydrogen-bond acceptors (Lipinski definition) is 4. The first-order chi connectivity index (χ1) is 9.13. The summed E-state index contributed by atoms with van der Waals surface area (Å²) in [6.45, 7) is 1.49. The van der Waals surface area contributed by atoms with Crippen molar-refractivity contribution in [2.24, 2.45) is 5.73 Å². The van der Waals surface area contributed by atoms with Gasteiger partial charge in [-0.05, 0) is 41.1 Å². The Bertz CT molecular complexity index is 644. The second-order valence-electron chi connectivity index (χ2n) is 4.14. The highest BCUT2D eigenvalue weighted by Gasteiger charge is 2.21. The van der Waals surface area contributed by atoms with E-state index in [-0.39, 0.29) is 21.4 Å². The quantitative estimate of drug-likeness (QED) is 0.684. The third kappa shape index (κ3) is 4.29. The van der Waals surface area contributed by atoms with E-state index in [0.717, 1.165) is 6.07 Å². The molecule has 0 aliphatic rings. The number of carbonyl (C=O) groups is 2. The van der Waals surface area contributed by atoms with Crippen LogP contribution in [0, 0.1) is 0 Å². The average molecular weight is 365 g/mol. The minimum absolute atomic E-state index is 0.151. The van der Waals surface area contributed by atoms with E-state index < -0.39 is 27.9 Å². The lowest BCUT2D eigenvalue weighted by atomic mass is 10.2. The molecular formula is C11H13BrN2O5S. The Morgan fingerprint density at radius 2 is 2.05 bits per heavy atom. The van der Waals surface area contributed by atoms with Crippen LogP contribution in [0.1, 0.15) is 23.7 Å². The Morgan fingerprint density at radius 1 is 1.45 bits per heavy atom. The molecule has 4 N–H and O–H groups in total. The van der Waals surface area contributed by atoms with Gasteiger partial charge in [-0.1, -0.05) is 0 Å². The Kier molecular flexibility index (Phi) is 5.26. The van der Waals surface area contributed by atoms with Crippen LogP contribution in [0.3, 0.4) is 0 Å². The lowest BCUT2D eigenvalue weighted by Gasteiger charge is -2.13. The summed E-state index contributed by atoms with van der Waals surface area (Å²) < 4.78 is 26.6. The molecule has 0 saturated carbocycles. The van der Waals surface area contributed by atoms with Gasteiger partial charge in [0.15, 0.2) is 0 Å². The van der Waals surface area contributed by atoms with Gasteiger partial charge in [0.25, 0.3) is 0 Å². The number of aromatic carboxylic acids is 1. The number of primary amides is 1. The van der Waals surface area contributed by atoms with Crippen molar-refractivity contribution < 1.29 is 23.1 Å². The van der Waals surface area contributed by atoms with Gasteiger partial charge in [0.05, 0.1) is 10.5 Å². The smallest absolute Gasteiger partial charge is 0.336 e. The Balaban J connectivity index is 3.07. The van der Waals surface area contributed by atoms with E-state index in [4.69, 9.17) is 10.8 Å². The number of amides is 1. The fourth-order valence-corrected chi connectivity index (χ4v) is 3.20. The van der Waals surface area contributed by atoms with Crippen LogP contribution >= 0.6 is 15.9 Å². The molecule has 0 aromatic heterocycles. The van der Waals surface area contributed by atoms with Crippen LogP contribution in [0.2, 0.25) is 0 Å². The van der Waals surface area contributed by atoms with E-state index in [0.29, 0.717) is 0 Å². The molecule has 0 heterocycles. The second-order valence-corrected chi connectivity index (χ2v) is 6.71. The molecule has 9 heteroatoms. The highest BCUT2D eigenvalue weighted by atomic mass is 79.9. The molecule has 1 amide bonds. The first kappa shape index (κ1) is 16.6. The maximum Gasteiger partial charge on any atom is 0.336 e. The predicted octanol–water partition coefficient (Wildman–Crippen LogP) is 0.690. The van der Waals surface area contributed by atoms with Crippen molar-refractivity contribution in [2.75, 3.05) is 0 Å². The number of carboxylic acids is 1. The molecule has 0 spiro atoms. The van der Waals surface area contributed by atoms with E-state index in [9.17, 15) is 18.0 Å². The van der Waals surface area contributed by atoms with Crippen molar-refractivity contribution in [3.63, 3.8) is 0 Å². The van der Waals surface area contributed by atoms with Crippen LogP contribution in [0.25, 0.3) is 0 Å². The molecule has 110 valence electrons. The van der Waals surface area contributed by atoms with E-state index in [1.807, 2.05) is 0 Å². The Morgan fingerprint density at radius 3 is 2.55 bits per heavy atom. The van der Waals surface area contributed by atoms with Crippen molar-refractivity contribution >= 4 is 37.8 Å². The zero-order chi connectivity index (χ0) is 15.5. The van der Waals surface area contributed by atoms with Gasteiger partial charge in [0.1, 0.15) is 0 Å². The fourth-order valence-electron chi connectivity index (χ4n) is 1.51. The lowest BCUT2D eigenvalue weighted by molar-refractivity contribution is -0.118. The number of sulfonamides is 1. The molecule has 20 heavy (non-hydrogen) atoms. The van der Waals surface area contributed by atoms with Gasteiger partial charge in [-0.2, -0.15) is 0 Å². The predicted molar refractivity (Wildman–Crippen MR) is 74.7 cm³/mol. The highest BCUT2D eigenvalue weighted by molar-refractivity contribution is 9.10. The van der Waals surface area contributed by atoms with Crippen molar-refractivity contribution in [3.05, 3.63) is 28.2 Å². The van der Waals surface area contributed by atoms with Gasteiger partial charge in [0, 0.05) is 16.9 Å². The third-order valence-corrected chi connectivity index (χ3v) is 4.62. The summed E-state index contributed by atoms with van der Waals surface area (Å²) in [5.41, 5.74) is 4.81. The van der Waals surface area contributed by atoms with Gasteiger partial charge in [-0.15, -0.1) is 0 Å². The first-order valence-corrected chi connectivity index (χ1v) is 7.74. The summed E-state index contributed by atoms with van der Waals surface area (Å²) in [6, 6.07) is 2.94. The van der Waals surface area contributed by atoms with Gasteiger partial charge in [-0.3, -0.25) is 4.79 Å². The fraction of sp³-hybridized carbons (Fsp3) is 0.273. The maximum atomic E-state index is 12.0. The molecule has 0 aliphatic carbocycles. The van der Waals surface area contributed by atoms with Crippen molar-refractivity contribution in [2.45, 2.75) is 24.3 Å². The van der Waals surface area contributed by atoms with Gasteiger partial charge in [0.2, 0.25) is 15.9 Å². The molecule has 7 nitrogen and oxygen atoms in total. The Hall–Kier alpha value is -1.45. The molecule has 0 fully saturated rings. The molecular weight excluding hydrogens is 352 g/mol. The first-order valence-electron chi connectivity index (χ1n) is 5.47. The minimum Gasteiger partial charge on any atom is -0.478 e.